The minimum Gasteiger partial charge on any atom is -0.457 e. The molecule has 3 nitrogen and oxygen atoms in total. The molecular weight excluding hydrogens is 635 g/mol. The van der Waals surface area contributed by atoms with Crippen LogP contribution in [-0.4, -0.2) is 4.57 Å². The van der Waals surface area contributed by atoms with Gasteiger partial charge in [-0.15, -0.1) is 0 Å². The Balaban J connectivity index is 1.10. The molecule has 0 radical (unpaired) electrons. The van der Waals surface area contributed by atoms with Gasteiger partial charge in [-0.3, -0.25) is 0 Å². The van der Waals surface area contributed by atoms with E-state index in [1.807, 2.05) is 12.1 Å². The number of ether oxygens (including phenoxy) is 1. The second-order valence-corrected chi connectivity index (χ2v) is 14.0. The second-order valence-electron chi connectivity index (χ2n) is 14.0. The van der Waals surface area contributed by atoms with Gasteiger partial charge in [0.25, 0.3) is 0 Å². The molecule has 10 aromatic rings. The van der Waals surface area contributed by atoms with Crippen molar-refractivity contribution in [1.29, 1.82) is 0 Å². The van der Waals surface area contributed by atoms with E-state index < -0.39 is 5.41 Å². The molecule has 3 heterocycles. The van der Waals surface area contributed by atoms with E-state index in [-0.39, 0.29) is 0 Å². The third kappa shape index (κ3) is 3.54. The maximum atomic E-state index is 6.60. The lowest BCUT2D eigenvalue weighted by Crippen LogP contribution is -2.32. The van der Waals surface area contributed by atoms with E-state index >= 15 is 0 Å². The smallest absolute Gasteiger partial charge is 0.135 e. The van der Waals surface area contributed by atoms with Crippen LogP contribution in [0.4, 0.5) is 0 Å². The minimum atomic E-state index is -0.521. The summed E-state index contributed by atoms with van der Waals surface area (Å²) in [5.74, 6) is 1.81. The zero-order valence-electron chi connectivity index (χ0n) is 28.0. The number of para-hydroxylation sites is 4. The maximum absolute atomic E-state index is 6.60. The van der Waals surface area contributed by atoms with Gasteiger partial charge in [0.2, 0.25) is 0 Å². The number of hydrogen-bond donors (Lipinski definition) is 0. The van der Waals surface area contributed by atoms with E-state index in [0.717, 1.165) is 39.1 Å². The topological polar surface area (TPSA) is 27.3 Å². The summed E-state index contributed by atoms with van der Waals surface area (Å²) in [4.78, 5) is 0. The molecule has 0 amide bonds. The average Bonchev–Trinajstić information content (AvgIpc) is 3.83. The van der Waals surface area contributed by atoms with Gasteiger partial charge in [0, 0.05) is 38.4 Å². The van der Waals surface area contributed by atoms with Gasteiger partial charge < -0.3 is 13.7 Å². The molecule has 0 saturated heterocycles. The fraction of sp³-hybridized carbons (Fsp3) is 0.0204. The Morgan fingerprint density at radius 1 is 0.385 bits per heavy atom. The number of nitrogens with zero attached hydrogens (tertiary/aromatic N) is 1. The van der Waals surface area contributed by atoms with E-state index in [9.17, 15) is 0 Å². The second kappa shape index (κ2) is 10.1. The van der Waals surface area contributed by atoms with Crippen molar-refractivity contribution < 1.29 is 9.15 Å². The van der Waals surface area contributed by atoms with Crippen molar-refractivity contribution >= 4 is 43.7 Å². The van der Waals surface area contributed by atoms with Gasteiger partial charge in [0.15, 0.2) is 0 Å². The molecule has 1 aliphatic carbocycles. The van der Waals surface area contributed by atoms with Crippen molar-refractivity contribution in [3.8, 4) is 39.4 Å². The van der Waals surface area contributed by atoms with Gasteiger partial charge in [-0.05, 0) is 94.0 Å². The Labute approximate surface area is 299 Å². The third-order valence-electron chi connectivity index (χ3n) is 11.5. The molecular formula is C49H29NO2. The normalized spacial score (nSPS) is 13.7. The molecule has 3 heteroatoms. The SMILES string of the molecule is c1ccc2c(c1)Oc1ccccc1C21c2ccccc2-c2cc3c4ccccc4n(-c4ccc(-c5ccc6oc7ccccc7c6c5)cc4)c3cc21. The predicted octanol–water partition coefficient (Wildman–Crippen LogP) is 12.8. The number of hydrogen-bond acceptors (Lipinski definition) is 2. The van der Waals surface area contributed by atoms with Gasteiger partial charge in [0.1, 0.15) is 22.7 Å². The van der Waals surface area contributed by atoms with E-state index in [1.54, 1.807) is 0 Å². The highest BCUT2D eigenvalue weighted by Crippen LogP contribution is 2.62. The van der Waals surface area contributed by atoms with Gasteiger partial charge in [-0.1, -0.05) is 115 Å². The summed E-state index contributed by atoms with van der Waals surface area (Å²) in [5.41, 5.74) is 14.6. The van der Waals surface area contributed by atoms with E-state index in [4.69, 9.17) is 9.15 Å². The predicted molar refractivity (Wildman–Crippen MR) is 211 cm³/mol. The summed E-state index contributed by atoms with van der Waals surface area (Å²) < 4.78 is 15.2. The van der Waals surface area contributed by atoms with Gasteiger partial charge in [0.05, 0.1) is 16.4 Å². The van der Waals surface area contributed by atoms with Crippen molar-refractivity contribution in [3.63, 3.8) is 0 Å². The van der Waals surface area contributed by atoms with Crippen molar-refractivity contribution in [2.24, 2.45) is 0 Å². The zero-order valence-corrected chi connectivity index (χ0v) is 28.0. The molecule has 8 aromatic carbocycles. The fourth-order valence-electron chi connectivity index (χ4n) is 9.30. The molecule has 2 aromatic heterocycles. The lowest BCUT2D eigenvalue weighted by molar-refractivity contribution is 0.436. The molecule has 0 atom stereocenters. The molecule has 1 spiro atoms. The van der Waals surface area contributed by atoms with Crippen molar-refractivity contribution in [3.05, 3.63) is 198 Å². The number of rotatable bonds is 2. The Morgan fingerprint density at radius 2 is 1.02 bits per heavy atom. The molecule has 2 aliphatic rings. The zero-order chi connectivity index (χ0) is 34.0. The Morgan fingerprint density at radius 3 is 1.83 bits per heavy atom. The van der Waals surface area contributed by atoms with Gasteiger partial charge >= 0.3 is 0 Å². The third-order valence-corrected chi connectivity index (χ3v) is 11.5. The summed E-state index contributed by atoms with van der Waals surface area (Å²) in [6.45, 7) is 0. The standard InChI is InChI=1S/C49H29NO2/c1-4-14-39-33(11-1)36-28-37-34-12-2-7-17-43(34)50(32-24-21-30(22-25-32)31-23-26-46-38(27-31)35-13-3-8-18-45(35)51-46)44(37)29-42(36)49(39)40-15-5-9-19-47(40)52-48-20-10-6-16-41(48)49/h1-29H. The first-order valence-electron chi connectivity index (χ1n) is 17.8. The Bertz CT molecular complexity index is 3060. The maximum Gasteiger partial charge on any atom is 0.135 e. The molecule has 1 aliphatic heterocycles. The summed E-state index contributed by atoms with van der Waals surface area (Å²) in [7, 11) is 0. The van der Waals surface area contributed by atoms with E-state index in [0.29, 0.717) is 0 Å². The molecule has 0 saturated carbocycles. The van der Waals surface area contributed by atoms with Crippen LogP contribution in [0.3, 0.4) is 0 Å². The van der Waals surface area contributed by atoms with Gasteiger partial charge in [-0.2, -0.15) is 0 Å². The van der Waals surface area contributed by atoms with Crippen LogP contribution in [0.2, 0.25) is 0 Å². The van der Waals surface area contributed by atoms with Gasteiger partial charge in [-0.25, -0.2) is 0 Å². The summed E-state index contributed by atoms with van der Waals surface area (Å²) >= 11 is 0. The van der Waals surface area contributed by atoms with Crippen LogP contribution >= 0.6 is 0 Å². The first-order valence-corrected chi connectivity index (χ1v) is 17.8. The Kier molecular flexibility index (Phi) is 5.43. The molecule has 12 rings (SSSR count). The summed E-state index contributed by atoms with van der Waals surface area (Å²) in [5, 5.41) is 4.77. The first kappa shape index (κ1) is 27.9. The Hall–Kier alpha value is -6.84. The highest BCUT2D eigenvalue weighted by Gasteiger charge is 2.51. The number of aromatic nitrogens is 1. The molecule has 52 heavy (non-hydrogen) atoms. The molecule has 242 valence electrons. The highest BCUT2D eigenvalue weighted by molar-refractivity contribution is 6.12. The number of benzene rings is 8. The van der Waals surface area contributed by atoms with Crippen molar-refractivity contribution in [1.82, 2.24) is 4.57 Å². The minimum absolute atomic E-state index is 0.521. The van der Waals surface area contributed by atoms with E-state index in [2.05, 4.69) is 168 Å². The summed E-state index contributed by atoms with van der Waals surface area (Å²) in [6.07, 6.45) is 0. The van der Waals surface area contributed by atoms with Crippen LogP contribution in [0.15, 0.2) is 180 Å². The molecule has 0 unspecified atom stereocenters. The summed E-state index contributed by atoms with van der Waals surface area (Å²) in [6, 6.07) is 63.6. The average molecular weight is 664 g/mol. The van der Waals surface area contributed by atoms with Crippen molar-refractivity contribution in [2.75, 3.05) is 0 Å². The van der Waals surface area contributed by atoms with Crippen LogP contribution in [-0.2, 0) is 5.41 Å². The number of furan rings is 1. The molecule has 0 bridgehead atoms. The van der Waals surface area contributed by atoms with Crippen molar-refractivity contribution in [2.45, 2.75) is 5.41 Å². The number of fused-ring (bicyclic) bond motifs is 15. The quantitative estimate of drug-likeness (QED) is 0.184. The first-order chi connectivity index (χ1) is 25.8. The largest absolute Gasteiger partial charge is 0.457 e. The highest BCUT2D eigenvalue weighted by atomic mass is 16.5. The lowest BCUT2D eigenvalue weighted by Gasteiger charge is -2.39. The van der Waals surface area contributed by atoms with Crippen LogP contribution < -0.4 is 4.74 Å². The molecule has 0 fully saturated rings. The lowest BCUT2D eigenvalue weighted by atomic mass is 9.66. The van der Waals surface area contributed by atoms with Crippen LogP contribution in [0.25, 0.3) is 71.7 Å². The van der Waals surface area contributed by atoms with Crippen LogP contribution in [0.5, 0.6) is 11.5 Å². The fourth-order valence-corrected chi connectivity index (χ4v) is 9.30. The van der Waals surface area contributed by atoms with Crippen LogP contribution in [0.1, 0.15) is 22.3 Å². The van der Waals surface area contributed by atoms with E-state index in [1.165, 1.54) is 66.3 Å². The van der Waals surface area contributed by atoms with Crippen LogP contribution in [0, 0.1) is 0 Å². The monoisotopic (exact) mass is 663 g/mol. The molecule has 0 N–H and O–H groups in total.